The molecule has 0 aliphatic heterocycles. The average Bonchev–Trinajstić information content (AvgIpc) is 2.93. The van der Waals surface area contributed by atoms with Gasteiger partial charge in [0, 0.05) is 23.5 Å². The molecule has 2 rings (SSSR count). The molecule has 0 saturated heterocycles. The average molecular weight is 281 g/mol. The number of rotatable bonds is 5. The first-order valence-corrected chi connectivity index (χ1v) is 6.78. The fraction of sp³-hybridized carbons (Fsp3) is 0.417. The number of nitrogens with one attached hydrogen (secondary N) is 1. The van der Waals surface area contributed by atoms with Crippen LogP contribution in [0.25, 0.3) is 4.96 Å². The molecule has 0 aliphatic rings. The largest absolute Gasteiger partial charge is 0.480 e. The van der Waals surface area contributed by atoms with Gasteiger partial charge in [-0.15, -0.1) is 11.3 Å². The third kappa shape index (κ3) is 2.60. The van der Waals surface area contributed by atoms with Gasteiger partial charge < -0.3 is 10.4 Å². The molecule has 1 unspecified atom stereocenters. The number of nitrogens with zero attached hydrogens (tertiary/aromatic N) is 2. The van der Waals surface area contributed by atoms with Crippen LogP contribution in [-0.2, 0) is 16.0 Å². The molecule has 0 aromatic carbocycles. The first-order chi connectivity index (χ1) is 8.96. The van der Waals surface area contributed by atoms with Crippen molar-refractivity contribution >= 4 is 28.2 Å². The summed E-state index contributed by atoms with van der Waals surface area (Å²) in [4.78, 5) is 28.0. The van der Waals surface area contributed by atoms with Gasteiger partial charge >= 0.3 is 5.97 Å². The summed E-state index contributed by atoms with van der Waals surface area (Å²) < 4.78 is 1.83. The maximum atomic E-state index is 12.0. The summed E-state index contributed by atoms with van der Waals surface area (Å²) in [5, 5.41) is 13.5. The lowest BCUT2D eigenvalue weighted by Gasteiger charge is -2.24. The Balaban J connectivity index is 2.10. The normalized spacial score (nSPS) is 14.2. The first kappa shape index (κ1) is 13.5. The summed E-state index contributed by atoms with van der Waals surface area (Å²) in [6, 6.07) is 0. The summed E-state index contributed by atoms with van der Waals surface area (Å²) in [6.45, 7) is 3.24. The summed E-state index contributed by atoms with van der Waals surface area (Å²) >= 11 is 1.45. The Kier molecular flexibility index (Phi) is 3.57. The van der Waals surface area contributed by atoms with Gasteiger partial charge in [0.15, 0.2) is 4.96 Å². The first-order valence-electron chi connectivity index (χ1n) is 5.90. The van der Waals surface area contributed by atoms with Crippen molar-refractivity contribution in [1.82, 2.24) is 14.7 Å². The highest BCUT2D eigenvalue weighted by Gasteiger charge is 2.32. The zero-order chi connectivity index (χ0) is 14.0. The van der Waals surface area contributed by atoms with E-state index in [4.69, 9.17) is 5.11 Å². The second-order valence-electron chi connectivity index (χ2n) is 4.52. The molecule has 1 atom stereocenters. The van der Waals surface area contributed by atoms with Gasteiger partial charge in [-0.3, -0.25) is 9.20 Å². The van der Waals surface area contributed by atoms with Crippen LogP contribution in [0.15, 0.2) is 17.8 Å². The van der Waals surface area contributed by atoms with E-state index in [1.807, 2.05) is 9.78 Å². The van der Waals surface area contributed by atoms with Crippen LogP contribution >= 0.6 is 11.3 Å². The van der Waals surface area contributed by atoms with Crippen molar-refractivity contribution in [2.75, 3.05) is 0 Å². The highest BCUT2D eigenvalue weighted by molar-refractivity contribution is 7.15. The van der Waals surface area contributed by atoms with Gasteiger partial charge in [0.25, 0.3) is 0 Å². The molecular formula is C12H15N3O3S. The topological polar surface area (TPSA) is 83.7 Å². The number of hydrogen-bond acceptors (Lipinski definition) is 4. The third-order valence-corrected chi connectivity index (χ3v) is 4.06. The van der Waals surface area contributed by atoms with Gasteiger partial charge in [0.2, 0.25) is 5.91 Å². The van der Waals surface area contributed by atoms with Gasteiger partial charge in [-0.1, -0.05) is 6.92 Å². The number of aliphatic carboxylic acids is 1. The minimum Gasteiger partial charge on any atom is -0.480 e. The maximum Gasteiger partial charge on any atom is 0.329 e. The van der Waals surface area contributed by atoms with Crippen molar-refractivity contribution in [2.45, 2.75) is 32.2 Å². The number of carboxylic acid groups (broad SMARTS) is 1. The van der Waals surface area contributed by atoms with Crippen LogP contribution in [0.5, 0.6) is 0 Å². The summed E-state index contributed by atoms with van der Waals surface area (Å²) in [6.07, 6.45) is 3.92. The summed E-state index contributed by atoms with van der Waals surface area (Å²) in [5.74, 6) is -1.33. The van der Waals surface area contributed by atoms with Gasteiger partial charge in [-0.2, -0.15) is 0 Å². The molecule has 0 radical (unpaired) electrons. The summed E-state index contributed by atoms with van der Waals surface area (Å²) in [7, 11) is 0. The van der Waals surface area contributed by atoms with E-state index in [0.717, 1.165) is 10.7 Å². The maximum absolute atomic E-state index is 12.0. The number of fused-ring (bicyclic) bond motifs is 1. The van der Waals surface area contributed by atoms with Crippen molar-refractivity contribution in [3.63, 3.8) is 0 Å². The van der Waals surface area contributed by atoms with Crippen LogP contribution in [0.3, 0.4) is 0 Å². The Morgan fingerprint density at radius 3 is 2.95 bits per heavy atom. The standard InChI is InChI=1S/C12H15N3O3S/c1-3-12(2,10(17)18)14-9(16)6-8-7-19-11-13-4-5-15(8)11/h4-5,7H,3,6H2,1-2H3,(H,14,16)(H,17,18). The highest BCUT2D eigenvalue weighted by Crippen LogP contribution is 2.16. The van der Waals surface area contributed by atoms with E-state index in [-0.39, 0.29) is 12.3 Å². The molecule has 0 saturated carbocycles. The Morgan fingerprint density at radius 2 is 2.32 bits per heavy atom. The lowest BCUT2D eigenvalue weighted by atomic mass is 9.99. The van der Waals surface area contributed by atoms with Crippen LogP contribution in [0.4, 0.5) is 0 Å². The number of carbonyl (C=O) groups excluding carboxylic acids is 1. The number of amides is 1. The Labute approximate surface area is 114 Å². The number of thiazole rings is 1. The van der Waals surface area contributed by atoms with Crippen molar-refractivity contribution in [2.24, 2.45) is 0 Å². The Bertz CT molecular complexity index is 619. The molecule has 2 aromatic heterocycles. The fourth-order valence-corrected chi connectivity index (χ4v) is 2.56. The van der Waals surface area contributed by atoms with E-state index in [0.29, 0.717) is 6.42 Å². The van der Waals surface area contributed by atoms with Crippen molar-refractivity contribution in [3.05, 3.63) is 23.5 Å². The smallest absolute Gasteiger partial charge is 0.329 e. The number of carbonyl (C=O) groups is 2. The van der Waals surface area contributed by atoms with Crippen molar-refractivity contribution in [1.29, 1.82) is 0 Å². The molecule has 102 valence electrons. The van der Waals surface area contributed by atoms with E-state index < -0.39 is 11.5 Å². The van der Waals surface area contributed by atoms with Crippen LogP contribution in [-0.4, -0.2) is 31.9 Å². The van der Waals surface area contributed by atoms with E-state index in [2.05, 4.69) is 10.3 Å². The van der Waals surface area contributed by atoms with Gasteiger partial charge in [-0.25, -0.2) is 9.78 Å². The molecule has 0 bridgehead atoms. The third-order valence-electron chi connectivity index (χ3n) is 3.15. The Hall–Kier alpha value is -1.89. The van der Waals surface area contributed by atoms with Crippen molar-refractivity contribution < 1.29 is 14.7 Å². The summed E-state index contributed by atoms with van der Waals surface area (Å²) in [5.41, 5.74) is -0.417. The predicted octanol–water partition coefficient (Wildman–Crippen LogP) is 1.31. The Morgan fingerprint density at radius 1 is 1.58 bits per heavy atom. The monoisotopic (exact) mass is 281 g/mol. The molecule has 2 aromatic rings. The quantitative estimate of drug-likeness (QED) is 0.865. The molecule has 1 amide bonds. The van der Waals surface area contributed by atoms with E-state index >= 15 is 0 Å². The molecule has 6 nitrogen and oxygen atoms in total. The zero-order valence-electron chi connectivity index (χ0n) is 10.7. The number of aromatic nitrogens is 2. The molecule has 7 heteroatoms. The predicted molar refractivity (Wildman–Crippen MR) is 71.2 cm³/mol. The van der Waals surface area contributed by atoms with Gasteiger partial charge in [0.1, 0.15) is 5.54 Å². The second kappa shape index (κ2) is 5.00. The number of carboxylic acids is 1. The van der Waals surface area contributed by atoms with Crippen LogP contribution in [0, 0.1) is 0 Å². The van der Waals surface area contributed by atoms with Crippen molar-refractivity contribution in [3.8, 4) is 0 Å². The number of hydrogen-bond donors (Lipinski definition) is 2. The highest BCUT2D eigenvalue weighted by atomic mass is 32.1. The minimum absolute atomic E-state index is 0.138. The molecular weight excluding hydrogens is 266 g/mol. The van der Waals surface area contributed by atoms with Gasteiger partial charge in [0.05, 0.1) is 6.42 Å². The van der Waals surface area contributed by atoms with Crippen LogP contribution in [0.2, 0.25) is 0 Å². The lowest BCUT2D eigenvalue weighted by molar-refractivity contribution is -0.146. The zero-order valence-corrected chi connectivity index (χ0v) is 11.5. The molecule has 19 heavy (non-hydrogen) atoms. The van der Waals surface area contributed by atoms with Gasteiger partial charge in [-0.05, 0) is 13.3 Å². The fourth-order valence-electron chi connectivity index (χ4n) is 1.71. The van der Waals surface area contributed by atoms with E-state index in [1.165, 1.54) is 18.3 Å². The SMILES string of the molecule is CCC(C)(NC(=O)Cc1csc2nccn12)C(=O)O. The number of imidazole rings is 1. The molecule has 0 aliphatic carbocycles. The van der Waals surface area contributed by atoms with E-state index in [9.17, 15) is 9.59 Å². The van der Waals surface area contributed by atoms with Crippen LogP contribution < -0.4 is 5.32 Å². The molecule has 0 fully saturated rings. The van der Waals surface area contributed by atoms with Crippen LogP contribution in [0.1, 0.15) is 26.0 Å². The molecule has 2 heterocycles. The molecule has 0 spiro atoms. The lowest BCUT2D eigenvalue weighted by Crippen LogP contribution is -2.52. The minimum atomic E-state index is -1.22. The second-order valence-corrected chi connectivity index (χ2v) is 5.36. The van der Waals surface area contributed by atoms with E-state index in [1.54, 1.807) is 19.3 Å². The molecule has 2 N–H and O–H groups in total.